The largest absolute Gasteiger partial charge is 0.481 e. The number of carboxylic acids is 1. The van der Waals surface area contributed by atoms with Crippen molar-refractivity contribution in [2.24, 2.45) is 11.8 Å². The van der Waals surface area contributed by atoms with Crippen molar-refractivity contribution in [3.8, 4) is 0 Å². The average Bonchev–Trinajstić information content (AvgIpc) is 2.70. The summed E-state index contributed by atoms with van der Waals surface area (Å²) < 4.78 is 3.70. The Hall–Kier alpha value is -1.50. The van der Waals surface area contributed by atoms with Crippen molar-refractivity contribution in [3.63, 3.8) is 0 Å². The van der Waals surface area contributed by atoms with Gasteiger partial charge in [0, 0.05) is 13.0 Å². The van der Waals surface area contributed by atoms with Crippen LogP contribution in [0.25, 0.3) is 0 Å². The lowest BCUT2D eigenvalue weighted by Gasteiger charge is -2.17. The standard InChI is InChI=1S/C12H19N3O3S/c1-7(2)4-9(5-10(16)17)6-13-12(18)11-8(3)14-15-19-11/h7,9H,4-6H2,1-3H3,(H,13,18)(H,16,17). The van der Waals surface area contributed by atoms with Gasteiger partial charge in [0.05, 0.1) is 5.69 Å². The number of rotatable bonds is 7. The molecule has 0 aliphatic heterocycles. The first-order valence-electron chi connectivity index (χ1n) is 6.19. The number of amides is 1. The lowest BCUT2D eigenvalue weighted by Crippen LogP contribution is -2.31. The summed E-state index contributed by atoms with van der Waals surface area (Å²) in [5.74, 6) is -0.724. The predicted molar refractivity (Wildman–Crippen MR) is 72.2 cm³/mol. The molecule has 0 saturated heterocycles. The molecule has 1 amide bonds. The SMILES string of the molecule is Cc1nnsc1C(=O)NCC(CC(=O)O)CC(C)C. The number of aryl methyl sites for hydroxylation is 1. The van der Waals surface area contributed by atoms with E-state index in [2.05, 4.69) is 14.9 Å². The molecule has 1 aromatic rings. The molecule has 6 nitrogen and oxygen atoms in total. The molecule has 2 N–H and O–H groups in total. The van der Waals surface area contributed by atoms with E-state index in [0.29, 0.717) is 23.0 Å². The third-order valence-corrected chi connectivity index (χ3v) is 3.50. The molecule has 0 aromatic carbocycles. The molecule has 1 aromatic heterocycles. The van der Waals surface area contributed by atoms with E-state index in [1.54, 1.807) is 6.92 Å². The van der Waals surface area contributed by atoms with E-state index in [1.807, 2.05) is 13.8 Å². The smallest absolute Gasteiger partial charge is 0.303 e. The fraction of sp³-hybridized carbons (Fsp3) is 0.667. The molecule has 0 saturated carbocycles. The van der Waals surface area contributed by atoms with Crippen LogP contribution in [0.3, 0.4) is 0 Å². The van der Waals surface area contributed by atoms with Gasteiger partial charge in [-0.25, -0.2) is 0 Å². The van der Waals surface area contributed by atoms with Crippen molar-refractivity contribution in [1.82, 2.24) is 14.9 Å². The van der Waals surface area contributed by atoms with E-state index in [0.717, 1.165) is 18.0 Å². The second-order valence-electron chi connectivity index (χ2n) is 4.99. The van der Waals surface area contributed by atoms with Crippen LogP contribution < -0.4 is 5.32 Å². The Morgan fingerprint density at radius 3 is 2.58 bits per heavy atom. The first kappa shape index (κ1) is 15.6. The zero-order valence-electron chi connectivity index (χ0n) is 11.3. The van der Waals surface area contributed by atoms with Crippen molar-refractivity contribution < 1.29 is 14.7 Å². The maximum atomic E-state index is 11.9. The lowest BCUT2D eigenvalue weighted by atomic mass is 9.94. The van der Waals surface area contributed by atoms with Gasteiger partial charge in [0.25, 0.3) is 5.91 Å². The van der Waals surface area contributed by atoms with Gasteiger partial charge in [-0.2, -0.15) is 0 Å². The monoisotopic (exact) mass is 285 g/mol. The fourth-order valence-corrected chi connectivity index (χ4v) is 2.48. The summed E-state index contributed by atoms with van der Waals surface area (Å²) in [6.45, 7) is 6.16. The van der Waals surface area contributed by atoms with Crippen LogP contribution in [0.1, 0.15) is 42.1 Å². The molecule has 1 atom stereocenters. The van der Waals surface area contributed by atoms with Crippen LogP contribution >= 0.6 is 11.5 Å². The highest BCUT2D eigenvalue weighted by Gasteiger charge is 2.18. The third-order valence-electron chi connectivity index (χ3n) is 2.68. The van der Waals surface area contributed by atoms with Crippen LogP contribution in [-0.4, -0.2) is 33.1 Å². The minimum Gasteiger partial charge on any atom is -0.481 e. The van der Waals surface area contributed by atoms with Crippen LogP contribution in [-0.2, 0) is 4.79 Å². The number of nitrogens with one attached hydrogen (secondary N) is 1. The van der Waals surface area contributed by atoms with E-state index in [9.17, 15) is 9.59 Å². The number of hydrogen-bond acceptors (Lipinski definition) is 5. The first-order chi connectivity index (χ1) is 8.90. The lowest BCUT2D eigenvalue weighted by molar-refractivity contribution is -0.138. The first-order valence-corrected chi connectivity index (χ1v) is 6.96. The van der Waals surface area contributed by atoms with E-state index in [-0.39, 0.29) is 18.2 Å². The van der Waals surface area contributed by atoms with E-state index in [4.69, 9.17) is 5.11 Å². The minimum absolute atomic E-state index is 0.0531. The van der Waals surface area contributed by atoms with Gasteiger partial charge in [-0.1, -0.05) is 18.3 Å². The summed E-state index contributed by atoms with van der Waals surface area (Å²) in [5, 5.41) is 15.4. The summed E-state index contributed by atoms with van der Waals surface area (Å²) in [6.07, 6.45) is 0.838. The number of aliphatic carboxylic acids is 1. The number of nitrogens with zero attached hydrogens (tertiary/aromatic N) is 2. The number of carbonyl (C=O) groups is 2. The molecule has 0 spiro atoms. The summed E-state index contributed by atoms with van der Waals surface area (Å²) in [7, 11) is 0. The molecule has 7 heteroatoms. The van der Waals surface area contributed by atoms with Crippen LogP contribution in [0, 0.1) is 18.8 Å². The zero-order chi connectivity index (χ0) is 14.4. The second kappa shape index (κ2) is 7.18. The second-order valence-corrected chi connectivity index (χ2v) is 5.75. The maximum absolute atomic E-state index is 11.9. The number of aromatic nitrogens is 2. The van der Waals surface area contributed by atoms with Crippen molar-refractivity contribution in [2.75, 3.05) is 6.54 Å². The number of carboxylic acid groups (broad SMARTS) is 1. The van der Waals surface area contributed by atoms with Crippen molar-refractivity contribution in [1.29, 1.82) is 0 Å². The minimum atomic E-state index is -0.837. The van der Waals surface area contributed by atoms with E-state index in [1.165, 1.54) is 0 Å². The van der Waals surface area contributed by atoms with Crippen LogP contribution in [0.15, 0.2) is 0 Å². The molecule has 0 radical (unpaired) electrons. The summed E-state index contributed by atoms with van der Waals surface area (Å²) in [6, 6.07) is 0. The van der Waals surface area contributed by atoms with Gasteiger partial charge in [-0.3, -0.25) is 9.59 Å². The molecule has 19 heavy (non-hydrogen) atoms. The molecule has 0 aliphatic carbocycles. The molecule has 0 fully saturated rings. The van der Waals surface area contributed by atoms with Crippen molar-refractivity contribution in [3.05, 3.63) is 10.6 Å². The van der Waals surface area contributed by atoms with Crippen molar-refractivity contribution in [2.45, 2.75) is 33.6 Å². The topological polar surface area (TPSA) is 92.2 Å². The Labute approximate surface area is 116 Å². The van der Waals surface area contributed by atoms with Gasteiger partial charge in [0.2, 0.25) is 0 Å². The van der Waals surface area contributed by atoms with Crippen LogP contribution in [0.2, 0.25) is 0 Å². The Morgan fingerprint density at radius 2 is 2.11 bits per heavy atom. The molecule has 0 bridgehead atoms. The molecule has 1 unspecified atom stereocenters. The van der Waals surface area contributed by atoms with Crippen LogP contribution in [0.4, 0.5) is 0 Å². The summed E-state index contributed by atoms with van der Waals surface area (Å²) >= 11 is 1.05. The highest BCUT2D eigenvalue weighted by molar-refractivity contribution is 7.07. The Bertz CT molecular complexity index is 445. The Kier molecular flexibility index (Phi) is 5.88. The quantitative estimate of drug-likeness (QED) is 0.795. The zero-order valence-corrected chi connectivity index (χ0v) is 12.2. The summed E-state index contributed by atoms with van der Waals surface area (Å²) in [5.41, 5.74) is 0.598. The average molecular weight is 285 g/mol. The summed E-state index contributed by atoms with van der Waals surface area (Å²) in [4.78, 5) is 23.1. The highest BCUT2D eigenvalue weighted by atomic mass is 32.1. The predicted octanol–water partition coefficient (Wildman–Crippen LogP) is 1.71. The molecule has 1 heterocycles. The van der Waals surface area contributed by atoms with Crippen LogP contribution in [0.5, 0.6) is 0 Å². The van der Waals surface area contributed by atoms with Gasteiger partial charge in [0.15, 0.2) is 0 Å². The fourth-order valence-electron chi connectivity index (χ4n) is 1.91. The van der Waals surface area contributed by atoms with Gasteiger partial charge in [0.1, 0.15) is 4.88 Å². The molecule has 1 rings (SSSR count). The Morgan fingerprint density at radius 1 is 1.42 bits per heavy atom. The van der Waals surface area contributed by atoms with Gasteiger partial charge in [-0.15, -0.1) is 5.10 Å². The molecular weight excluding hydrogens is 266 g/mol. The van der Waals surface area contributed by atoms with Gasteiger partial charge < -0.3 is 10.4 Å². The Balaban J connectivity index is 2.53. The molecule has 0 aliphatic rings. The van der Waals surface area contributed by atoms with E-state index < -0.39 is 5.97 Å². The number of carbonyl (C=O) groups excluding carboxylic acids is 1. The van der Waals surface area contributed by atoms with E-state index >= 15 is 0 Å². The van der Waals surface area contributed by atoms with Gasteiger partial charge >= 0.3 is 5.97 Å². The molecule has 106 valence electrons. The highest BCUT2D eigenvalue weighted by Crippen LogP contribution is 2.15. The normalized spacial score (nSPS) is 12.4. The van der Waals surface area contributed by atoms with Crippen molar-refractivity contribution >= 4 is 23.4 Å². The van der Waals surface area contributed by atoms with Gasteiger partial charge in [-0.05, 0) is 36.7 Å². The molecular formula is C12H19N3O3S. The number of hydrogen-bond donors (Lipinski definition) is 2. The maximum Gasteiger partial charge on any atom is 0.303 e. The third kappa shape index (κ3) is 5.34.